The molecular weight excluding hydrogens is 516 g/mol. The van der Waals surface area contributed by atoms with E-state index in [-0.39, 0.29) is 39.9 Å². The molecule has 37 heavy (non-hydrogen) atoms. The van der Waals surface area contributed by atoms with E-state index in [0.29, 0.717) is 16.5 Å². The molecule has 5 rings (SSSR count). The fourth-order valence-electron chi connectivity index (χ4n) is 4.79. The molecule has 0 fully saturated rings. The first-order valence-corrected chi connectivity index (χ1v) is 14.3. The average Bonchev–Trinajstić information content (AvgIpc) is 3.42. The van der Waals surface area contributed by atoms with Gasteiger partial charge in [0.15, 0.2) is 0 Å². The lowest BCUT2D eigenvalue weighted by Gasteiger charge is -2.20. The number of carbonyl (C=O) groups is 1. The van der Waals surface area contributed by atoms with Crippen LogP contribution in [0.4, 0.5) is 5.69 Å². The molecule has 0 radical (unpaired) electrons. The van der Waals surface area contributed by atoms with Crippen LogP contribution in [0.1, 0.15) is 24.0 Å². The molecule has 192 valence electrons. The summed E-state index contributed by atoms with van der Waals surface area (Å²) in [5, 5.41) is 11.5. The van der Waals surface area contributed by atoms with Gasteiger partial charge in [-0.2, -0.15) is 0 Å². The van der Waals surface area contributed by atoms with Crippen LogP contribution in [0.2, 0.25) is 0 Å². The first kappa shape index (κ1) is 24.8. The third-order valence-electron chi connectivity index (χ3n) is 6.41. The Bertz CT molecular complexity index is 1730. The monoisotopic (exact) mass is 540 g/mol. The molecule has 1 atom stereocenters. The minimum absolute atomic E-state index is 0.0342. The van der Waals surface area contributed by atoms with Gasteiger partial charge in [0.2, 0.25) is 0 Å². The maximum absolute atomic E-state index is 13.6. The van der Waals surface area contributed by atoms with Crippen molar-refractivity contribution in [2.45, 2.75) is 29.6 Å². The van der Waals surface area contributed by atoms with Crippen molar-refractivity contribution >= 4 is 42.6 Å². The highest BCUT2D eigenvalue weighted by Gasteiger charge is 2.40. The SMILES string of the molecule is CC(=O)OCC1CN(S(=O)(=O)c2ccccc2)c2cc(O)c3c(c(C)cn3S(=O)(=O)c3ccccc3)c21. The topological polar surface area (TPSA) is 123 Å². The van der Waals surface area contributed by atoms with Gasteiger partial charge in [-0.25, -0.2) is 20.8 Å². The number of phenolic OH excluding ortho intramolecular Hbond substituents is 1. The molecule has 3 aromatic carbocycles. The second-order valence-corrected chi connectivity index (χ2v) is 12.5. The number of fused-ring (bicyclic) bond motifs is 3. The quantitative estimate of drug-likeness (QED) is 0.370. The summed E-state index contributed by atoms with van der Waals surface area (Å²) < 4.78 is 61.6. The van der Waals surface area contributed by atoms with Crippen LogP contribution in [0, 0.1) is 6.92 Å². The maximum Gasteiger partial charge on any atom is 0.302 e. The number of aryl methyl sites for hydroxylation is 1. The summed E-state index contributed by atoms with van der Waals surface area (Å²) in [6.45, 7) is 2.79. The number of hydrogen-bond acceptors (Lipinski definition) is 7. The Balaban J connectivity index is 1.77. The van der Waals surface area contributed by atoms with E-state index in [9.17, 15) is 26.7 Å². The van der Waals surface area contributed by atoms with Crippen molar-refractivity contribution in [2.75, 3.05) is 17.5 Å². The normalized spacial score (nSPS) is 15.6. The van der Waals surface area contributed by atoms with E-state index in [2.05, 4.69) is 0 Å². The zero-order valence-electron chi connectivity index (χ0n) is 20.0. The van der Waals surface area contributed by atoms with Crippen molar-refractivity contribution in [1.29, 1.82) is 0 Å². The van der Waals surface area contributed by atoms with Gasteiger partial charge in [0.25, 0.3) is 20.0 Å². The molecular formula is C26H24N2O7S2. The van der Waals surface area contributed by atoms with Gasteiger partial charge in [-0.05, 0) is 42.3 Å². The Morgan fingerprint density at radius 1 is 0.973 bits per heavy atom. The molecule has 1 N–H and O–H groups in total. The Hall–Kier alpha value is -3.83. The predicted octanol–water partition coefficient (Wildman–Crippen LogP) is 3.75. The third-order valence-corrected chi connectivity index (χ3v) is 9.87. The second-order valence-electron chi connectivity index (χ2n) is 8.83. The highest BCUT2D eigenvalue weighted by atomic mass is 32.2. The molecule has 0 saturated heterocycles. The van der Waals surface area contributed by atoms with E-state index in [4.69, 9.17) is 4.74 Å². The van der Waals surface area contributed by atoms with E-state index >= 15 is 0 Å². The molecule has 0 aliphatic carbocycles. The van der Waals surface area contributed by atoms with Crippen molar-refractivity contribution in [1.82, 2.24) is 3.97 Å². The molecule has 0 spiro atoms. The lowest BCUT2D eigenvalue weighted by molar-refractivity contribution is -0.141. The predicted molar refractivity (Wildman–Crippen MR) is 138 cm³/mol. The van der Waals surface area contributed by atoms with Gasteiger partial charge in [0, 0.05) is 37.0 Å². The third kappa shape index (κ3) is 4.04. The number of ether oxygens (including phenoxy) is 1. The van der Waals surface area contributed by atoms with E-state index in [1.807, 2.05) is 0 Å². The molecule has 9 nitrogen and oxygen atoms in total. The second kappa shape index (κ2) is 8.93. The summed E-state index contributed by atoms with van der Waals surface area (Å²) >= 11 is 0. The smallest absolute Gasteiger partial charge is 0.302 e. The lowest BCUT2D eigenvalue weighted by Crippen LogP contribution is -2.30. The van der Waals surface area contributed by atoms with Crippen molar-refractivity contribution in [2.24, 2.45) is 0 Å². The number of benzene rings is 3. The molecule has 4 aromatic rings. The minimum Gasteiger partial charge on any atom is -0.506 e. The number of phenols is 1. The van der Waals surface area contributed by atoms with Crippen molar-refractivity contribution in [3.63, 3.8) is 0 Å². The molecule has 0 bridgehead atoms. The highest BCUT2D eigenvalue weighted by Crippen LogP contribution is 2.48. The molecule has 2 heterocycles. The number of sulfonamides is 1. The van der Waals surface area contributed by atoms with Crippen LogP contribution in [0.15, 0.2) is 82.7 Å². The maximum atomic E-state index is 13.6. The largest absolute Gasteiger partial charge is 0.506 e. The lowest BCUT2D eigenvalue weighted by atomic mass is 9.96. The summed E-state index contributed by atoms with van der Waals surface area (Å²) in [5.41, 5.74) is 1.26. The van der Waals surface area contributed by atoms with E-state index in [1.165, 1.54) is 47.8 Å². The van der Waals surface area contributed by atoms with Crippen LogP contribution < -0.4 is 4.31 Å². The van der Waals surface area contributed by atoms with Crippen molar-refractivity contribution < 1.29 is 31.5 Å². The number of aromatic hydroxyl groups is 1. The van der Waals surface area contributed by atoms with Gasteiger partial charge in [-0.15, -0.1) is 0 Å². The van der Waals surface area contributed by atoms with Crippen LogP contribution in [0.3, 0.4) is 0 Å². The number of carbonyl (C=O) groups excluding carboxylic acids is 1. The number of anilines is 1. The summed E-state index contributed by atoms with van der Waals surface area (Å²) in [5.74, 6) is -1.50. The first-order chi connectivity index (χ1) is 17.5. The fraction of sp³-hybridized carbons (Fsp3) is 0.192. The Labute approximate surface area is 214 Å². The standard InChI is InChI=1S/C26H24N2O7S2/c1-17-14-28(37(33,34)21-11-7-4-8-12-21)26-23(30)13-22-25(24(17)26)19(16-35-18(2)29)15-27(22)36(31,32)20-9-5-3-6-10-20/h3-14,19,30H,15-16H2,1-2H3. The molecule has 11 heteroatoms. The van der Waals surface area contributed by atoms with Crippen molar-refractivity contribution in [3.05, 3.63) is 84.1 Å². The number of aromatic nitrogens is 1. The van der Waals surface area contributed by atoms with Crippen LogP contribution in [-0.2, 0) is 29.6 Å². The van der Waals surface area contributed by atoms with Gasteiger partial charge in [0.1, 0.15) is 11.3 Å². The van der Waals surface area contributed by atoms with Gasteiger partial charge in [-0.1, -0.05) is 36.4 Å². The fourth-order valence-corrected chi connectivity index (χ4v) is 7.78. The average molecular weight is 541 g/mol. The van der Waals surface area contributed by atoms with E-state index in [0.717, 1.165) is 3.97 Å². The zero-order valence-corrected chi connectivity index (χ0v) is 21.7. The number of hydrogen-bond donors (Lipinski definition) is 1. The molecule has 1 aromatic heterocycles. The zero-order chi connectivity index (χ0) is 26.5. The van der Waals surface area contributed by atoms with Gasteiger partial charge in [-0.3, -0.25) is 9.10 Å². The van der Waals surface area contributed by atoms with Crippen molar-refractivity contribution in [3.8, 4) is 5.75 Å². The molecule has 0 saturated carbocycles. The molecule has 1 aliphatic rings. The number of rotatable bonds is 6. The Morgan fingerprint density at radius 2 is 1.54 bits per heavy atom. The number of nitrogens with zero attached hydrogens (tertiary/aromatic N) is 2. The van der Waals surface area contributed by atoms with E-state index < -0.39 is 31.9 Å². The Morgan fingerprint density at radius 3 is 2.11 bits per heavy atom. The van der Waals surface area contributed by atoms with Gasteiger partial charge >= 0.3 is 5.97 Å². The van der Waals surface area contributed by atoms with Gasteiger partial charge < -0.3 is 9.84 Å². The highest BCUT2D eigenvalue weighted by molar-refractivity contribution is 7.92. The summed E-state index contributed by atoms with van der Waals surface area (Å²) in [4.78, 5) is 11.7. The van der Waals surface area contributed by atoms with E-state index in [1.54, 1.807) is 43.3 Å². The summed E-state index contributed by atoms with van der Waals surface area (Å²) in [6.07, 6.45) is 1.41. The summed E-state index contributed by atoms with van der Waals surface area (Å²) in [6, 6.07) is 17.0. The minimum atomic E-state index is -4.07. The first-order valence-electron chi connectivity index (χ1n) is 11.4. The van der Waals surface area contributed by atoms with Crippen LogP contribution in [0.5, 0.6) is 5.75 Å². The Kier molecular flexibility index (Phi) is 5.99. The summed E-state index contributed by atoms with van der Waals surface area (Å²) in [7, 11) is -8.10. The molecule has 0 amide bonds. The van der Waals surface area contributed by atoms with Crippen LogP contribution in [0.25, 0.3) is 10.9 Å². The van der Waals surface area contributed by atoms with Gasteiger partial charge in [0.05, 0.1) is 22.1 Å². The molecule has 1 aliphatic heterocycles. The molecule has 1 unspecified atom stereocenters. The van der Waals surface area contributed by atoms with Crippen LogP contribution in [-0.4, -0.2) is 45.0 Å². The number of esters is 1. The van der Waals surface area contributed by atoms with Crippen LogP contribution >= 0.6 is 0 Å².